The van der Waals surface area contributed by atoms with E-state index in [4.69, 9.17) is 16.5 Å². The monoisotopic (exact) mass is 486 g/mol. The number of hydrogen-bond acceptors (Lipinski definition) is 4. The molecule has 0 saturated carbocycles. The Labute approximate surface area is 215 Å². The Morgan fingerprint density at radius 3 is 2.22 bits per heavy atom. The van der Waals surface area contributed by atoms with E-state index in [0.29, 0.717) is 10.9 Å². The Balaban J connectivity index is 1.87. The van der Waals surface area contributed by atoms with Crippen LogP contribution in [0.1, 0.15) is 33.9 Å². The SMILES string of the molecule is Cc1ccccc1C(N)C(N)(c1ccccc1C)[N+]1(C)CCN(C)C1=NC(CO)Cc1ccccc1. The van der Waals surface area contributed by atoms with Crippen molar-refractivity contribution in [2.24, 2.45) is 16.5 Å². The van der Waals surface area contributed by atoms with Crippen LogP contribution in [0, 0.1) is 13.8 Å². The van der Waals surface area contributed by atoms with Gasteiger partial charge in [-0.1, -0.05) is 78.9 Å². The summed E-state index contributed by atoms with van der Waals surface area (Å²) >= 11 is 0. The third-order valence-electron chi connectivity index (χ3n) is 7.88. The van der Waals surface area contributed by atoms with Crippen molar-refractivity contribution in [1.29, 1.82) is 0 Å². The number of nitrogens with zero attached hydrogens (tertiary/aromatic N) is 3. The van der Waals surface area contributed by atoms with E-state index in [1.807, 2.05) is 42.5 Å². The van der Waals surface area contributed by atoms with Gasteiger partial charge in [0, 0.05) is 12.6 Å². The highest BCUT2D eigenvalue weighted by atomic mass is 16.3. The molecule has 4 atom stereocenters. The second-order valence-corrected chi connectivity index (χ2v) is 10.3. The molecule has 190 valence electrons. The molecular weight excluding hydrogens is 446 g/mol. The van der Waals surface area contributed by atoms with Gasteiger partial charge in [-0.15, -0.1) is 0 Å². The van der Waals surface area contributed by atoms with Crippen molar-refractivity contribution in [3.8, 4) is 0 Å². The number of aliphatic imine (C=N–C) groups is 1. The number of quaternary nitrogens is 1. The Hall–Kier alpha value is -3.03. The number of guanidine groups is 1. The van der Waals surface area contributed by atoms with E-state index in [0.717, 1.165) is 46.9 Å². The molecule has 36 heavy (non-hydrogen) atoms. The van der Waals surface area contributed by atoms with Crippen LogP contribution in [0.25, 0.3) is 0 Å². The zero-order valence-corrected chi connectivity index (χ0v) is 21.9. The normalized spacial score (nSPS) is 22.4. The summed E-state index contributed by atoms with van der Waals surface area (Å²) in [6, 6.07) is 25.9. The second-order valence-electron chi connectivity index (χ2n) is 10.3. The highest BCUT2D eigenvalue weighted by Gasteiger charge is 2.59. The van der Waals surface area contributed by atoms with Crippen LogP contribution < -0.4 is 11.5 Å². The van der Waals surface area contributed by atoms with Gasteiger partial charge in [0.2, 0.25) is 5.66 Å². The zero-order chi connectivity index (χ0) is 25.9. The molecule has 1 fully saturated rings. The van der Waals surface area contributed by atoms with Crippen LogP contribution in [-0.2, 0) is 12.1 Å². The van der Waals surface area contributed by atoms with E-state index >= 15 is 0 Å². The fraction of sp³-hybridized carbons (Fsp3) is 0.367. The maximum absolute atomic E-state index is 10.3. The van der Waals surface area contributed by atoms with Crippen molar-refractivity contribution in [2.45, 2.75) is 38.0 Å². The number of nitrogens with two attached hydrogens (primary N) is 2. The molecule has 1 aliphatic heterocycles. The van der Waals surface area contributed by atoms with Gasteiger partial charge in [-0.25, -0.2) is 9.48 Å². The third-order valence-corrected chi connectivity index (χ3v) is 7.88. The zero-order valence-electron chi connectivity index (χ0n) is 21.9. The average Bonchev–Trinajstić information content (AvgIpc) is 3.18. The van der Waals surface area contributed by atoms with Crippen molar-refractivity contribution < 1.29 is 9.59 Å². The van der Waals surface area contributed by atoms with Gasteiger partial charge < -0.3 is 15.7 Å². The van der Waals surface area contributed by atoms with Crippen molar-refractivity contribution in [1.82, 2.24) is 4.90 Å². The minimum absolute atomic E-state index is 0.0436. The third kappa shape index (κ3) is 4.58. The van der Waals surface area contributed by atoms with E-state index in [-0.39, 0.29) is 12.6 Å². The molecule has 0 aliphatic carbocycles. The summed E-state index contributed by atoms with van der Waals surface area (Å²) in [5.41, 5.74) is 19.2. The summed E-state index contributed by atoms with van der Waals surface area (Å²) in [6.45, 7) is 5.68. The van der Waals surface area contributed by atoms with Gasteiger partial charge >= 0.3 is 5.96 Å². The quantitative estimate of drug-likeness (QED) is 0.426. The molecule has 1 saturated heterocycles. The van der Waals surface area contributed by atoms with Crippen molar-refractivity contribution in [2.75, 3.05) is 33.8 Å². The van der Waals surface area contributed by atoms with Crippen molar-refractivity contribution in [3.63, 3.8) is 0 Å². The predicted octanol–water partition coefficient (Wildman–Crippen LogP) is 3.47. The van der Waals surface area contributed by atoms with Crippen LogP contribution >= 0.6 is 0 Å². The van der Waals surface area contributed by atoms with Crippen LogP contribution in [0.5, 0.6) is 0 Å². The molecular formula is C30H40N5O+. The fourth-order valence-corrected chi connectivity index (χ4v) is 5.64. The lowest BCUT2D eigenvalue weighted by atomic mass is 9.81. The number of aryl methyl sites for hydroxylation is 2. The standard InChI is InChI=1S/C30H40N5O/c1-22-12-8-10-16-26(22)28(31)30(32,27-17-11-9-13-23(27)2)35(4)19-18-34(3)29(35)33-25(21-36)20-24-14-6-5-7-15-24/h5-17,25,28,36H,18-21,31-32H2,1-4H3/q+1. The Kier molecular flexibility index (Phi) is 7.62. The topological polar surface area (TPSA) is 87.9 Å². The fourth-order valence-electron chi connectivity index (χ4n) is 5.64. The summed E-state index contributed by atoms with van der Waals surface area (Å²) in [6.07, 6.45) is 0.653. The molecule has 5 N–H and O–H groups in total. The molecule has 3 aromatic rings. The maximum atomic E-state index is 10.3. The van der Waals surface area contributed by atoms with Gasteiger partial charge in [-0.2, -0.15) is 0 Å². The van der Waals surface area contributed by atoms with Gasteiger partial charge in [0.05, 0.1) is 26.2 Å². The lowest BCUT2D eigenvalue weighted by Gasteiger charge is -2.49. The Morgan fingerprint density at radius 1 is 0.972 bits per heavy atom. The summed E-state index contributed by atoms with van der Waals surface area (Å²) in [5.74, 6) is 0.847. The van der Waals surface area contributed by atoms with Crippen molar-refractivity contribution in [3.05, 3.63) is 107 Å². The average molecular weight is 487 g/mol. The first-order valence-corrected chi connectivity index (χ1v) is 12.7. The number of aliphatic hydroxyl groups is 1. The number of rotatable bonds is 8. The molecule has 4 rings (SSSR count). The largest absolute Gasteiger partial charge is 0.394 e. The molecule has 6 nitrogen and oxygen atoms in total. The van der Waals surface area contributed by atoms with E-state index in [1.165, 1.54) is 0 Å². The Bertz CT molecular complexity index is 1210. The van der Waals surface area contributed by atoms with Crippen LogP contribution in [0.3, 0.4) is 0 Å². The van der Waals surface area contributed by atoms with Crippen LogP contribution in [0.2, 0.25) is 0 Å². The first-order valence-electron chi connectivity index (χ1n) is 12.7. The second kappa shape index (κ2) is 10.5. The van der Waals surface area contributed by atoms with E-state index in [9.17, 15) is 5.11 Å². The molecule has 0 bridgehead atoms. The van der Waals surface area contributed by atoms with E-state index < -0.39 is 11.7 Å². The summed E-state index contributed by atoms with van der Waals surface area (Å²) in [7, 11) is 4.20. The van der Waals surface area contributed by atoms with Gasteiger partial charge in [0.1, 0.15) is 12.6 Å². The lowest BCUT2D eigenvalue weighted by Crippen LogP contribution is -2.71. The molecule has 4 unspecified atom stereocenters. The number of aliphatic hydroxyl groups excluding tert-OH is 1. The molecule has 1 aliphatic rings. The van der Waals surface area contributed by atoms with E-state index in [1.54, 1.807) is 0 Å². The Morgan fingerprint density at radius 2 is 1.58 bits per heavy atom. The summed E-state index contributed by atoms with van der Waals surface area (Å²) < 4.78 is 0.342. The van der Waals surface area contributed by atoms with Crippen LogP contribution in [0.4, 0.5) is 0 Å². The minimum Gasteiger partial charge on any atom is -0.394 e. The molecule has 3 aromatic carbocycles. The highest BCUT2D eigenvalue weighted by molar-refractivity contribution is 5.75. The molecule has 6 heteroatoms. The number of hydrogen-bond donors (Lipinski definition) is 3. The molecule has 0 radical (unpaired) electrons. The highest BCUT2D eigenvalue weighted by Crippen LogP contribution is 2.43. The molecule has 0 spiro atoms. The first kappa shape index (κ1) is 26.0. The van der Waals surface area contributed by atoms with Crippen molar-refractivity contribution >= 4 is 5.96 Å². The van der Waals surface area contributed by atoms with Gasteiger partial charge in [-0.05, 0) is 42.5 Å². The van der Waals surface area contributed by atoms with E-state index in [2.05, 4.69) is 69.2 Å². The van der Waals surface area contributed by atoms with Crippen LogP contribution in [-0.4, -0.2) is 60.3 Å². The summed E-state index contributed by atoms with van der Waals surface area (Å²) in [4.78, 5) is 7.34. The predicted molar refractivity (Wildman–Crippen MR) is 147 cm³/mol. The number of benzene rings is 3. The smallest absolute Gasteiger partial charge is 0.302 e. The summed E-state index contributed by atoms with van der Waals surface area (Å²) in [5, 5.41) is 10.3. The van der Waals surface area contributed by atoms with Crippen LogP contribution in [0.15, 0.2) is 83.9 Å². The van der Waals surface area contributed by atoms with Gasteiger partial charge in [-0.3, -0.25) is 5.73 Å². The lowest BCUT2D eigenvalue weighted by molar-refractivity contribution is -0.882. The minimum atomic E-state index is -0.992. The molecule has 0 amide bonds. The molecule has 1 heterocycles. The van der Waals surface area contributed by atoms with Gasteiger partial charge in [0.15, 0.2) is 0 Å². The maximum Gasteiger partial charge on any atom is 0.302 e. The van der Waals surface area contributed by atoms with Gasteiger partial charge in [0.25, 0.3) is 0 Å². The molecule has 0 aromatic heterocycles. The first-order chi connectivity index (χ1) is 17.2. The number of likely N-dealkylation sites (N-methyl/N-ethyl adjacent to an activating group) is 2.